The Bertz CT molecular complexity index is 2050. The van der Waals surface area contributed by atoms with Crippen LogP contribution in [0.2, 0.25) is 0 Å². The number of primary amides is 1. The van der Waals surface area contributed by atoms with Gasteiger partial charge in [0.15, 0.2) is 11.5 Å². The van der Waals surface area contributed by atoms with E-state index in [9.17, 15) is 28.8 Å². The van der Waals surface area contributed by atoms with Gasteiger partial charge >= 0.3 is 6.03 Å². The number of piperidine rings is 1. The van der Waals surface area contributed by atoms with Crippen molar-refractivity contribution in [2.45, 2.75) is 56.5 Å². The highest BCUT2D eigenvalue weighted by atomic mass is 16.2. The molecule has 4 fully saturated rings. The predicted molar refractivity (Wildman–Crippen MR) is 198 cm³/mol. The van der Waals surface area contributed by atoms with Crippen molar-refractivity contribution in [1.29, 1.82) is 0 Å². The maximum absolute atomic E-state index is 13.3. The first-order chi connectivity index (χ1) is 26.0. The molecule has 280 valence electrons. The second-order valence-corrected chi connectivity index (χ2v) is 14.6. The molecule has 2 unspecified atom stereocenters. The summed E-state index contributed by atoms with van der Waals surface area (Å²) in [5.41, 5.74) is 9.59. The fourth-order valence-electron chi connectivity index (χ4n) is 8.36. The summed E-state index contributed by atoms with van der Waals surface area (Å²) in [4.78, 5) is 93.9. The summed E-state index contributed by atoms with van der Waals surface area (Å²) in [6, 6.07) is 12.2. The van der Waals surface area contributed by atoms with Crippen LogP contribution >= 0.6 is 0 Å². The largest absolute Gasteiger partial charge is 0.368 e. The number of anilines is 4. The molecule has 2 aromatic carbocycles. The first-order valence-electron chi connectivity index (χ1n) is 18.5. The van der Waals surface area contributed by atoms with Crippen molar-refractivity contribution in [2.75, 3.05) is 61.4 Å². The van der Waals surface area contributed by atoms with Crippen LogP contribution in [-0.2, 0) is 9.59 Å². The van der Waals surface area contributed by atoms with E-state index in [-0.39, 0.29) is 47.7 Å². The van der Waals surface area contributed by atoms with Gasteiger partial charge in [0.05, 0.1) is 16.8 Å². The summed E-state index contributed by atoms with van der Waals surface area (Å²) in [7, 11) is 1.83. The molecule has 3 aromatic rings. The standard InChI is InChI=1S/C38H42N10O6/c1-44-13-18-47(38(44)54)26-4-2-3-22(19-26)29-21-40-32(33(39)50)34(42-29)41-23-5-7-24(8-6-23)45-14-16-46(17-15-45)25-9-10-27-28(20-25)37(53)48(36(27)52)30-11-12-31(49)43-35(30)51/h5-10,20-22,26,30H,2-4,11-19H2,1H3,(H2,39,50)(H,41,42)(H,43,49,51)/t22?,26-,30?/m1/s1. The molecule has 3 atom stereocenters. The third kappa shape index (κ3) is 6.45. The van der Waals surface area contributed by atoms with Crippen molar-refractivity contribution in [3.05, 3.63) is 71.2 Å². The molecule has 5 heterocycles. The van der Waals surface area contributed by atoms with Crippen LogP contribution in [-0.4, -0.2) is 119 Å². The highest BCUT2D eigenvalue weighted by Gasteiger charge is 2.45. The second kappa shape index (κ2) is 14.1. The van der Waals surface area contributed by atoms with Crippen LogP contribution < -0.4 is 26.2 Å². The molecule has 1 saturated carbocycles. The van der Waals surface area contributed by atoms with Gasteiger partial charge < -0.3 is 30.7 Å². The maximum Gasteiger partial charge on any atom is 0.320 e. The van der Waals surface area contributed by atoms with Crippen LogP contribution in [0.1, 0.15) is 81.3 Å². The maximum atomic E-state index is 13.3. The number of amides is 7. The normalized spacial score (nSPS) is 23.2. The monoisotopic (exact) mass is 734 g/mol. The number of benzene rings is 2. The van der Waals surface area contributed by atoms with Gasteiger partial charge in [0.1, 0.15) is 6.04 Å². The lowest BCUT2D eigenvalue weighted by atomic mass is 9.83. The Balaban J connectivity index is 0.903. The number of piperazine rings is 1. The van der Waals surface area contributed by atoms with Crippen molar-refractivity contribution >= 4 is 58.4 Å². The lowest BCUT2D eigenvalue weighted by molar-refractivity contribution is -0.136. The molecule has 5 aliphatic rings. The number of fused-ring (bicyclic) bond motifs is 1. The van der Waals surface area contributed by atoms with Gasteiger partial charge in [0.25, 0.3) is 17.7 Å². The quantitative estimate of drug-likeness (QED) is 0.288. The van der Waals surface area contributed by atoms with Gasteiger partial charge in [-0.15, -0.1) is 0 Å². The van der Waals surface area contributed by atoms with E-state index in [0.29, 0.717) is 32.0 Å². The minimum absolute atomic E-state index is 0.0592. The Morgan fingerprint density at radius 2 is 1.56 bits per heavy atom. The van der Waals surface area contributed by atoms with E-state index in [1.807, 2.05) is 42.3 Å². The molecule has 0 bridgehead atoms. The lowest BCUT2D eigenvalue weighted by Gasteiger charge is -2.37. The highest BCUT2D eigenvalue weighted by Crippen LogP contribution is 2.36. The number of aromatic nitrogens is 2. The number of nitrogens with zero attached hydrogens (tertiary/aromatic N) is 7. The SMILES string of the molecule is CN1CCN([C@@H]2CCCC(c3cnc(C(N)=O)c(Nc4ccc(N5CCN(c6ccc7c(c6)C(=O)N(C6CCC(=O)NC6=O)C7=O)CC5)cc4)n3)C2)C1=O. The molecule has 54 heavy (non-hydrogen) atoms. The van der Waals surface area contributed by atoms with Crippen LogP contribution in [0.4, 0.5) is 27.7 Å². The average Bonchev–Trinajstić information content (AvgIpc) is 3.64. The van der Waals surface area contributed by atoms with Crippen molar-refractivity contribution in [3.8, 4) is 0 Å². The van der Waals surface area contributed by atoms with Crippen LogP contribution in [0.25, 0.3) is 0 Å². The first-order valence-corrected chi connectivity index (χ1v) is 18.5. The Hall–Kier alpha value is -6.06. The number of nitrogens with one attached hydrogen (secondary N) is 2. The van der Waals surface area contributed by atoms with Crippen LogP contribution in [0, 0.1) is 0 Å². The molecular weight excluding hydrogens is 692 g/mol. The second-order valence-electron chi connectivity index (χ2n) is 14.6. The van der Waals surface area contributed by atoms with Gasteiger partial charge in [0, 0.05) is 88.0 Å². The molecule has 3 saturated heterocycles. The van der Waals surface area contributed by atoms with E-state index in [2.05, 4.69) is 25.4 Å². The Morgan fingerprint density at radius 1 is 0.852 bits per heavy atom. The number of nitrogens with two attached hydrogens (primary N) is 1. The number of carbonyl (C=O) groups excluding carboxylic acids is 6. The minimum Gasteiger partial charge on any atom is -0.368 e. The number of urea groups is 1. The van der Waals surface area contributed by atoms with Crippen molar-refractivity contribution in [3.63, 3.8) is 0 Å². The minimum atomic E-state index is -1.00. The van der Waals surface area contributed by atoms with E-state index in [0.717, 1.165) is 66.4 Å². The summed E-state index contributed by atoms with van der Waals surface area (Å²) < 4.78 is 0. The summed E-state index contributed by atoms with van der Waals surface area (Å²) in [6.07, 6.45) is 5.46. The van der Waals surface area contributed by atoms with Crippen LogP contribution in [0.15, 0.2) is 48.7 Å². The van der Waals surface area contributed by atoms with Crippen molar-refractivity contribution in [1.82, 2.24) is 30.0 Å². The molecule has 7 amide bonds. The highest BCUT2D eigenvalue weighted by molar-refractivity contribution is 6.23. The van der Waals surface area contributed by atoms with E-state index < -0.39 is 35.6 Å². The number of hydrogen-bond donors (Lipinski definition) is 3. The predicted octanol–water partition coefficient (Wildman–Crippen LogP) is 2.44. The van der Waals surface area contributed by atoms with Gasteiger partial charge in [-0.05, 0) is 68.1 Å². The van der Waals surface area contributed by atoms with Crippen LogP contribution in [0.3, 0.4) is 0 Å². The average molecular weight is 735 g/mol. The molecule has 1 aromatic heterocycles. The molecule has 4 aliphatic heterocycles. The van der Waals surface area contributed by atoms with Crippen LogP contribution in [0.5, 0.6) is 0 Å². The topological polar surface area (TPSA) is 194 Å². The van der Waals surface area contributed by atoms with E-state index in [4.69, 9.17) is 10.7 Å². The molecule has 1 aliphatic carbocycles. The molecule has 0 spiro atoms. The van der Waals surface area contributed by atoms with Gasteiger partial charge in [-0.2, -0.15) is 0 Å². The summed E-state index contributed by atoms with van der Waals surface area (Å²) in [5, 5.41) is 5.49. The third-order valence-electron chi connectivity index (χ3n) is 11.3. The zero-order valence-electron chi connectivity index (χ0n) is 30.0. The summed E-state index contributed by atoms with van der Waals surface area (Å²) >= 11 is 0. The number of likely N-dealkylation sites (N-methyl/N-ethyl adjacent to an activating group) is 1. The number of carbonyl (C=O) groups is 6. The van der Waals surface area contributed by atoms with Crippen molar-refractivity contribution in [2.24, 2.45) is 5.73 Å². The van der Waals surface area contributed by atoms with Gasteiger partial charge in [-0.25, -0.2) is 14.8 Å². The fraction of sp³-hybridized carbons (Fsp3) is 0.421. The van der Waals surface area contributed by atoms with Gasteiger partial charge in [0.2, 0.25) is 11.8 Å². The van der Waals surface area contributed by atoms with Gasteiger partial charge in [-0.1, -0.05) is 6.42 Å². The Morgan fingerprint density at radius 3 is 2.24 bits per heavy atom. The Labute approximate surface area is 311 Å². The van der Waals surface area contributed by atoms with Gasteiger partial charge in [-0.3, -0.25) is 34.2 Å². The number of hydrogen-bond acceptors (Lipinski definition) is 11. The number of imide groups is 2. The summed E-state index contributed by atoms with van der Waals surface area (Å²) in [5.74, 6) is -2.36. The molecular formula is C38H42N10O6. The smallest absolute Gasteiger partial charge is 0.320 e. The number of rotatable bonds is 8. The van der Waals surface area contributed by atoms with E-state index in [1.54, 1.807) is 23.2 Å². The summed E-state index contributed by atoms with van der Waals surface area (Å²) in [6.45, 7) is 4.22. The molecule has 16 heteroatoms. The zero-order valence-corrected chi connectivity index (χ0v) is 30.0. The Kier molecular flexibility index (Phi) is 9.11. The van der Waals surface area contributed by atoms with E-state index in [1.165, 1.54) is 0 Å². The molecule has 8 rings (SSSR count). The first kappa shape index (κ1) is 35.0. The lowest BCUT2D eigenvalue weighted by Crippen LogP contribution is -2.54. The van der Waals surface area contributed by atoms with E-state index >= 15 is 0 Å². The fourth-order valence-corrected chi connectivity index (χ4v) is 8.36. The third-order valence-corrected chi connectivity index (χ3v) is 11.3. The molecule has 4 N–H and O–H groups in total. The molecule has 16 nitrogen and oxygen atoms in total. The zero-order chi connectivity index (χ0) is 37.7. The van der Waals surface area contributed by atoms with Crippen molar-refractivity contribution < 1.29 is 28.8 Å². The molecule has 0 radical (unpaired) electrons.